The summed E-state index contributed by atoms with van der Waals surface area (Å²) in [4.78, 5) is 36.6. The molecule has 206 valence electrons. The van der Waals surface area contributed by atoms with Crippen LogP contribution in [0.4, 0.5) is 26.3 Å². The second kappa shape index (κ2) is 13.6. The molecule has 1 amide bonds. The van der Waals surface area contributed by atoms with Crippen molar-refractivity contribution in [3.8, 4) is 0 Å². The molecule has 2 aromatic rings. The van der Waals surface area contributed by atoms with Crippen molar-refractivity contribution >= 4 is 17.8 Å². The second-order valence-electron chi connectivity index (χ2n) is 7.39. The van der Waals surface area contributed by atoms with Gasteiger partial charge < -0.3 is 19.8 Å². The summed E-state index contributed by atoms with van der Waals surface area (Å²) < 4.78 is 70.8. The summed E-state index contributed by atoms with van der Waals surface area (Å²) in [5.74, 6) is -5.24. The van der Waals surface area contributed by atoms with Crippen LogP contribution in [0, 0.1) is 0 Å². The number of fused-ring (bicyclic) bond motifs is 1. The van der Waals surface area contributed by atoms with E-state index in [1.807, 2.05) is 34.0 Å². The maximum atomic E-state index is 12.7. The van der Waals surface area contributed by atoms with Crippen LogP contribution in [0.2, 0.25) is 0 Å². The molecule has 3 rings (SSSR count). The van der Waals surface area contributed by atoms with Crippen molar-refractivity contribution in [3.05, 3.63) is 47.5 Å². The van der Waals surface area contributed by atoms with Gasteiger partial charge in [-0.25, -0.2) is 9.59 Å². The molecule has 1 unspecified atom stereocenters. The molecule has 1 aliphatic heterocycles. The number of aromatic nitrogens is 3. The first-order chi connectivity index (χ1) is 17.1. The quantitative estimate of drug-likeness (QED) is 0.551. The molecule has 2 N–H and O–H groups in total. The summed E-state index contributed by atoms with van der Waals surface area (Å²) in [6, 6.07) is 5.65. The van der Waals surface area contributed by atoms with Crippen LogP contribution in [0.1, 0.15) is 29.8 Å². The number of methoxy groups -OCH3 is 1. The van der Waals surface area contributed by atoms with E-state index in [9.17, 15) is 31.1 Å². The molecule has 0 bridgehead atoms. The Morgan fingerprint density at radius 2 is 1.65 bits per heavy atom. The zero-order valence-corrected chi connectivity index (χ0v) is 19.6. The van der Waals surface area contributed by atoms with Gasteiger partial charge in [0.15, 0.2) is 0 Å². The zero-order valence-electron chi connectivity index (χ0n) is 19.6. The molecule has 0 radical (unpaired) electrons. The number of nitrogens with zero attached hydrogens (tertiary/aromatic N) is 4. The van der Waals surface area contributed by atoms with Crippen LogP contribution in [0.3, 0.4) is 0 Å². The van der Waals surface area contributed by atoms with Crippen molar-refractivity contribution in [2.45, 2.75) is 44.7 Å². The van der Waals surface area contributed by atoms with E-state index in [2.05, 4.69) is 17.0 Å². The summed E-state index contributed by atoms with van der Waals surface area (Å²) >= 11 is 0. The molecule has 1 aliphatic rings. The van der Waals surface area contributed by atoms with Gasteiger partial charge in [0.05, 0.1) is 31.5 Å². The van der Waals surface area contributed by atoms with Gasteiger partial charge in [-0.1, -0.05) is 6.07 Å². The van der Waals surface area contributed by atoms with Gasteiger partial charge in [0.25, 0.3) is 0 Å². The maximum absolute atomic E-state index is 12.7. The lowest BCUT2D eigenvalue weighted by molar-refractivity contribution is -0.193. The molecule has 0 aromatic carbocycles. The second-order valence-corrected chi connectivity index (χ2v) is 7.39. The number of hydrogen-bond donors (Lipinski definition) is 2. The number of carboxylic acid groups (broad SMARTS) is 2. The van der Waals surface area contributed by atoms with Crippen molar-refractivity contribution in [1.29, 1.82) is 0 Å². The molecule has 0 spiro atoms. The number of amides is 1. The number of rotatable bonds is 5. The first kappa shape index (κ1) is 31.3. The molecular weight excluding hydrogens is 518 g/mol. The largest absolute Gasteiger partial charge is 0.490 e. The lowest BCUT2D eigenvalue weighted by atomic mass is 9.95. The van der Waals surface area contributed by atoms with E-state index in [1.54, 1.807) is 13.3 Å². The van der Waals surface area contributed by atoms with Gasteiger partial charge in [0.1, 0.15) is 0 Å². The summed E-state index contributed by atoms with van der Waals surface area (Å²) in [5, 5.41) is 18.7. The Hall–Kier alpha value is -3.69. The molecule has 2 aromatic heterocycles. The van der Waals surface area contributed by atoms with E-state index >= 15 is 0 Å². The van der Waals surface area contributed by atoms with Crippen LogP contribution in [-0.4, -0.2) is 80.3 Å². The van der Waals surface area contributed by atoms with Gasteiger partial charge in [0, 0.05) is 43.6 Å². The molecule has 0 fully saturated rings. The average Bonchev–Trinajstić information content (AvgIpc) is 3.23. The Morgan fingerprint density at radius 3 is 2.08 bits per heavy atom. The fourth-order valence-corrected chi connectivity index (χ4v) is 3.12. The third kappa shape index (κ3) is 10.1. The van der Waals surface area contributed by atoms with Gasteiger partial charge in [-0.05, 0) is 19.1 Å². The highest BCUT2D eigenvalue weighted by atomic mass is 19.4. The highest BCUT2D eigenvalue weighted by Gasteiger charge is 2.39. The predicted octanol–water partition coefficient (Wildman–Crippen LogP) is 2.88. The Bertz CT molecular complexity index is 1020. The van der Waals surface area contributed by atoms with Gasteiger partial charge in [0.2, 0.25) is 5.91 Å². The molecule has 0 aliphatic carbocycles. The van der Waals surface area contributed by atoms with Gasteiger partial charge in [-0.3, -0.25) is 14.5 Å². The van der Waals surface area contributed by atoms with E-state index in [-0.39, 0.29) is 11.8 Å². The van der Waals surface area contributed by atoms with Crippen LogP contribution in [0.5, 0.6) is 0 Å². The highest BCUT2D eigenvalue weighted by Crippen LogP contribution is 2.29. The van der Waals surface area contributed by atoms with Crippen molar-refractivity contribution in [2.75, 3.05) is 20.3 Å². The average molecular weight is 542 g/mol. The van der Waals surface area contributed by atoms with Crippen LogP contribution >= 0.6 is 0 Å². The Labute approximate surface area is 206 Å². The number of aryl methyl sites for hydroxylation is 1. The van der Waals surface area contributed by atoms with Crippen molar-refractivity contribution in [2.24, 2.45) is 0 Å². The number of carbonyl (C=O) groups excluding carboxylic acids is 1. The van der Waals surface area contributed by atoms with Crippen molar-refractivity contribution < 1.29 is 55.7 Å². The van der Waals surface area contributed by atoms with Gasteiger partial charge >= 0.3 is 24.3 Å². The Kier molecular flexibility index (Phi) is 11.5. The Morgan fingerprint density at radius 1 is 1.08 bits per heavy atom. The monoisotopic (exact) mass is 542 g/mol. The van der Waals surface area contributed by atoms with Crippen LogP contribution in [0.15, 0.2) is 30.6 Å². The van der Waals surface area contributed by atoms with E-state index < -0.39 is 24.3 Å². The standard InChI is InChI=1S/C17H22N4O2.2C2HF3O2/c1-3-21-16-11-20(10-13(12-23-2)15(16)9-19-21)17(22)8-14-6-4-5-7-18-14;2*3-2(4,5)1(6)7/h4-7,9,13H,3,8,10-12H2,1-2H3;2*(H,6,7). The van der Waals surface area contributed by atoms with Crippen molar-refractivity contribution in [1.82, 2.24) is 19.7 Å². The van der Waals surface area contributed by atoms with Gasteiger partial charge in [-0.15, -0.1) is 0 Å². The first-order valence-corrected chi connectivity index (χ1v) is 10.4. The van der Waals surface area contributed by atoms with E-state index in [0.29, 0.717) is 26.1 Å². The number of hydrogen-bond acceptors (Lipinski definition) is 6. The molecule has 37 heavy (non-hydrogen) atoms. The number of aliphatic carboxylic acids is 2. The third-order valence-electron chi connectivity index (χ3n) is 4.77. The molecule has 1 atom stereocenters. The molecule has 10 nitrogen and oxygen atoms in total. The summed E-state index contributed by atoms with van der Waals surface area (Å²) in [7, 11) is 1.69. The minimum atomic E-state index is -5.08. The molecular formula is C21H24F6N4O6. The maximum Gasteiger partial charge on any atom is 0.490 e. The minimum Gasteiger partial charge on any atom is -0.475 e. The SMILES string of the molecule is CCn1ncc2c1CN(C(=O)Cc1ccccn1)CC2COC.O=C(O)C(F)(F)F.O=C(O)C(F)(F)F. The lowest BCUT2D eigenvalue weighted by Crippen LogP contribution is -2.40. The minimum absolute atomic E-state index is 0.0966. The number of halogens is 6. The van der Waals surface area contributed by atoms with Crippen LogP contribution in [-0.2, 0) is 38.6 Å². The fourth-order valence-electron chi connectivity index (χ4n) is 3.12. The first-order valence-electron chi connectivity index (χ1n) is 10.4. The third-order valence-corrected chi connectivity index (χ3v) is 4.77. The summed E-state index contributed by atoms with van der Waals surface area (Å²) in [6.07, 6.45) is -6.20. The zero-order chi connectivity index (χ0) is 28.4. The molecule has 0 saturated heterocycles. The predicted molar refractivity (Wildman–Crippen MR) is 113 cm³/mol. The van der Waals surface area contributed by atoms with E-state index in [1.165, 1.54) is 5.56 Å². The van der Waals surface area contributed by atoms with Crippen molar-refractivity contribution in [3.63, 3.8) is 0 Å². The van der Waals surface area contributed by atoms with E-state index in [0.717, 1.165) is 17.9 Å². The summed E-state index contributed by atoms with van der Waals surface area (Å²) in [5.41, 5.74) is 3.13. The summed E-state index contributed by atoms with van der Waals surface area (Å²) in [6.45, 7) is 4.73. The fraction of sp³-hybridized carbons (Fsp3) is 0.476. The smallest absolute Gasteiger partial charge is 0.475 e. The number of ether oxygens (including phenoxy) is 1. The van der Waals surface area contributed by atoms with Crippen LogP contribution in [0.25, 0.3) is 0 Å². The number of carboxylic acids is 2. The van der Waals surface area contributed by atoms with E-state index in [4.69, 9.17) is 24.5 Å². The topological polar surface area (TPSA) is 135 Å². The number of carbonyl (C=O) groups is 3. The Balaban J connectivity index is 0.000000404. The normalized spacial score (nSPS) is 14.9. The molecule has 16 heteroatoms. The van der Waals surface area contributed by atoms with Gasteiger partial charge in [-0.2, -0.15) is 31.4 Å². The number of alkyl halides is 6. The lowest BCUT2D eigenvalue weighted by Gasteiger charge is -2.33. The number of pyridine rings is 1. The highest BCUT2D eigenvalue weighted by molar-refractivity contribution is 5.78. The molecule has 0 saturated carbocycles. The van der Waals surface area contributed by atoms with Crippen LogP contribution < -0.4 is 0 Å². The molecule has 3 heterocycles.